The van der Waals surface area contributed by atoms with Gasteiger partial charge in [-0.25, -0.2) is 9.97 Å². The first kappa shape index (κ1) is 16.8. The van der Waals surface area contributed by atoms with E-state index in [9.17, 15) is 4.79 Å². The minimum Gasteiger partial charge on any atom is -0.356 e. The molecule has 1 aliphatic rings. The van der Waals surface area contributed by atoms with Gasteiger partial charge in [0.2, 0.25) is 11.1 Å². The molecule has 3 rings (SSSR count). The number of hydrogen-bond donors (Lipinski definition) is 2. The molecule has 0 radical (unpaired) electrons. The highest BCUT2D eigenvalue weighted by Crippen LogP contribution is 2.20. The molecule has 0 unspecified atom stereocenters. The van der Waals surface area contributed by atoms with E-state index in [0.717, 1.165) is 37.6 Å². The van der Waals surface area contributed by atoms with Crippen molar-refractivity contribution in [2.75, 3.05) is 30.3 Å². The summed E-state index contributed by atoms with van der Waals surface area (Å²) in [7, 11) is 0. The van der Waals surface area contributed by atoms with Crippen molar-refractivity contribution in [2.45, 2.75) is 24.9 Å². The normalized spacial score (nSPS) is 17.7. The van der Waals surface area contributed by atoms with Gasteiger partial charge in [-0.05, 0) is 37.8 Å². The van der Waals surface area contributed by atoms with Crippen molar-refractivity contribution in [1.29, 1.82) is 0 Å². The van der Waals surface area contributed by atoms with Crippen molar-refractivity contribution in [3.8, 4) is 0 Å². The van der Waals surface area contributed by atoms with Gasteiger partial charge in [-0.15, -0.1) is 5.10 Å². The molecular weight excluding hydrogens is 324 g/mol. The first-order valence-electron chi connectivity index (χ1n) is 8.15. The van der Waals surface area contributed by atoms with E-state index in [2.05, 4.69) is 30.4 Å². The van der Waals surface area contributed by atoms with Gasteiger partial charge >= 0.3 is 0 Å². The van der Waals surface area contributed by atoms with Crippen LogP contribution >= 0.6 is 11.8 Å². The molecule has 7 nitrogen and oxygen atoms in total. The second-order valence-electron chi connectivity index (χ2n) is 5.94. The SMILES string of the molecule is Cc1nc(SCC(=O)NC[C@H]2CCCN(c3ccccn3)C2)n[nH]1. The van der Waals surface area contributed by atoms with Gasteiger partial charge in [-0.1, -0.05) is 17.8 Å². The molecule has 24 heavy (non-hydrogen) atoms. The summed E-state index contributed by atoms with van der Waals surface area (Å²) in [5, 5.41) is 10.4. The largest absolute Gasteiger partial charge is 0.356 e. The van der Waals surface area contributed by atoms with Gasteiger partial charge in [0.25, 0.3) is 0 Å². The zero-order valence-corrected chi connectivity index (χ0v) is 14.6. The Morgan fingerprint density at radius 1 is 1.50 bits per heavy atom. The lowest BCUT2D eigenvalue weighted by Gasteiger charge is -2.33. The van der Waals surface area contributed by atoms with E-state index in [0.29, 0.717) is 23.4 Å². The molecule has 0 bridgehead atoms. The van der Waals surface area contributed by atoms with Crippen molar-refractivity contribution >= 4 is 23.5 Å². The van der Waals surface area contributed by atoms with Crippen LogP contribution in [-0.4, -0.2) is 51.5 Å². The maximum atomic E-state index is 12.0. The van der Waals surface area contributed by atoms with Crippen LogP contribution in [-0.2, 0) is 4.79 Å². The third-order valence-corrected chi connectivity index (χ3v) is 4.84. The number of piperidine rings is 1. The van der Waals surface area contributed by atoms with E-state index >= 15 is 0 Å². The highest BCUT2D eigenvalue weighted by atomic mass is 32.2. The van der Waals surface area contributed by atoms with Crippen molar-refractivity contribution < 1.29 is 4.79 Å². The Balaban J connectivity index is 1.41. The van der Waals surface area contributed by atoms with Gasteiger partial charge in [0, 0.05) is 25.8 Å². The van der Waals surface area contributed by atoms with Crippen molar-refractivity contribution in [3.63, 3.8) is 0 Å². The summed E-state index contributed by atoms with van der Waals surface area (Å²) >= 11 is 1.35. The van der Waals surface area contributed by atoms with E-state index in [1.54, 1.807) is 0 Å². The number of rotatable bonds is 6. The third-order valence-electron chi connectivity index (χ3n) is 3.99. The van der Waals surface area contributed by atoms with Crippen LogP contribution in [0.1, 0.15) is 18.7 Å². The lowest BCUT2D eigenvalue weighted by atomic mass is 9.98. The lowest BCUT2D eigenvalue weighted by molar-refractivity contribution is -0.118. The van der Waals surface area contributed by atoms with Gasteiger partial charge in [0.1, 0.15) is 11.6 Å². The maximum Gasteiger partial charge on any atom is 0.230 e. The van der Waals surface area contributed by atoms with Crippen LogP contribution in [0.25, 0.3) is 0 Å². The standard InChI is InChI=1S/C16H22N6OS/c1-12-19-16(21-20-12)24-11-15(23)18-9-13-5-4-8-22(10-13)14-6-2-3-7-17-14/h2-3,6-7,13H,4-5,8-11H2,1H3,(H,18,23)(H,19,20,21)/t13-/m1/s1. The molecule has 0 saturated carbocycles. The van der Waals surface area contributed by atoms with Crippen LogP contribution in [0.4, 0.5) is 5.82 Å². The van der Waals surface area contributed by atoms with Gasteiger partial charge in [-0.2, -0.15) is 0 Å². The van der Waals surface area contributed by atoms with Crippen LogP contribution in [0.5, 0.6) is 0 Å². The Hall–Kier alpha value is -2.09. The molecule has 3 heterocycles. The second kappa shape index (κ2) is 8.14. The molecule has 128 valence electrons. The number of nitrogens with one attached hydrogen (secondary N) is 2. The minimum absolute atomic E-state index is 0.0254. The fourth-order valence-corrected chi connectivity index (χ4v) is 3.48. The van der Waals surface area contributed by atoms with E-state index in [4.69, 9.17) is 0 Å². The molecule has 1 amide bonds. The highest BCUT2D eigenvalue weighted by molar-refractivity contribution is 7.99. The summed E-state index contributed by atoms with van der Waals surface area (Å²) in [6, 6.07) is 5.98. The van der Waals surface area contributed by atoms with Crippen molar-refractivity contribution in [3.05, 3.63) is 30.2 Å². The molecule has 0 aromatic carbocycles. The fourth-order valence-electron chi connectivity index (χ4n) is 2.81. The zero-order valence-electron chi connectivity index (χ0n) is 13.7. The minimum atomic E-state index is 0.0254. The zero-order chi connectivity index (χ0) is 16.8. The molecule has 1 aliphatic heterocycles. The Morgan fingerprint density at radius 3 is 3.17 bits per heavy atom. The van der Waals surface area contributed by atoms with Crippen LogP contribution in [0, 0.1) is 12.8 Å². The Kier molecular flexibility index (Phi) is 5.68. The van der Waals surface area contributed by atoms with Crippen molar-refractivity contribution in [1.82, 2.24) is 25.5 Å². The number of hydrogen-bond acceptors (Lipinski definition) is 6. The van der Waals surface area contributed by atoms with E-state index in [1.165, 1.54) is 11.8 Å². The van der Waals surface area contributed by atoms with Gasteiger partial charge in [0.05, 0.1) is 5.75 Å². The number of aryl methyl sites for hydroxylation is 1. The molecule has 1 fully saturated rings. The fraction of sp³-hybridized carbons (Fsp3) is 0.500. The first-order chi connectivity index (χ1) is 11.7. The summed E-state index contributed by atoms with van der Waals surface area (Å²) in [6.45, 7) is 4.51. The number of H-pyrrole nitrogens is 1. The average Bonchev–Trinajstić information content (AvgIpc) is 3.04. The van der Waals surface area contributed by atoms with Gasteiger partial charge in [-0.3, -0.25) is 9.89 Å². The molecule has 0 spiro atoms. The highest BCUT2D eigenvalue weighted by Gasteiger charge is 2.21. The molecule has 1 atom stereocenters. The predicted octanol–water partition coefficient (Wildman–Crippen LogP) is 1.63. The number of carbonyl (C=O) groups excluding carboxylic acids is 1. The number of aromatic nitrogens is 4. The number of nitrogens with zero attached hydrogens (tertiary/aromatic N) is 4. The summed E-state index contributed by atoms with van der Waals surface area (Å²) in [5.41, 5.74) is 0. The van der Waals surface area contributed by atoms with Crippen molar-refractivity contribution in [2.24, 2.45) is 5.92 Å². The van der Waals surface area contributed by atoms with Crippen LogP contribution in [0.15, 0.2) is 29.6 Å². The Labute approximate surface area is 145 Å². The Bertz CT molecular complexity index is 662. The van der Waals surface area contributed by atoms with E-state index in [-0.39, 0.29) is 5.91 Å². The molecule has 2 N–H and O–H groups in total. The number of aromatic amines is 1. The summed E-state index contributed by atoms with van der Waals surface area (Å²) in [5.74, 6) is 2.60. The number of thioether (sulfide) groups is 1. The quantitative estimate of drug-likeness (QED) is 0.773. The number of pyridine rings is 1. The summed E-state index contributed by atoms with van der Waals surface area (Å²) < 4.78 is 0. The summed E-state index contributed by atoms with van der Waals surface area (Å²) in [6.07, 6.45) is 4.09. The second-order valence-corrected chi connectivity index (χ2v) is 6.88. The van der Waals surface area contributed by atoms with Crippen LogP contribution < -0.4 is 10.2 Å². The third kappa shape index (κ3) is 4.70. The predicted molar refractivity (Wildman–Crippen MR) is 94.0 cm³/mol. The summed E-state index contributed by atoms with van der Waals surface area (Å²) in [4.78, 5) is 22.9. The average molecular weight is 346 g/mol. The molecule has 1 saturated heterocycles. The topological polar surface area (TPSA) is 86.8 Å². The van der Waals surface area contributed by atoms with Crippen LogP contribution in [0.3, 0.4) is 0 Å². The smallest absolute Gasteiger partial charge is 0.230 e. The number of anilines is 1. The molecular formula is C16H22N6OS. The molecule has 2 aromatic heterocycles. The molecule has 8 heteroatoms. The maximum absolute atomic E-state index is 12.0. The number of carbonyl (C=O) groups is 1. The molecule has 2 aromatic rings. The van der Waals surface area contributed by atoms with E-state index < -0.39 is 0 Å². The van der Waals surface area contributed by atoms with Gasteiger partial charge in [0.15, 0.2) is 0 Å². The monoisotopic (exact) mass is 346 g/mol. The Morgan fingerprint density at radius 2 is 2.42 bits per heavy atom. The van der Waals surface area contributed by atoms with Crippen LogP contribution in [0.2, 0.25) is 0 Å². The van der Waals surface area contributed by atoms with E-state index in [1.807, 2.05) is 31.3 Å². The van der Waals surface area contributed by atoms with Gasteiger partial charge < -0.3 is 10.2 Å². The molecule has 0 aliphatic carbocycles. The number of amides is 1. The lowest BCUT2D eigenvalue weighted by Crippen LogP contribution is -2.41. The first-order valence-corrected chi connectivity index (χ1v) is 9.14.